The molecular formula is C13H12N2O4S. The van der Waals surface area contributed by atoms with Gasteiger partial charge in [-0.1, -0.05) is 11.3 Å². The van der Waals surface area contributed by atoms with Crippen LogP contribution in [0.25, 0.3) is 0 Å². The van der Waals surface area contributed by atoms with Crippen molar-refractivity contribution >= 4 is 28.2 Å². The Hall–Kier alpha value is -2.41. The van der Waals surface area contributed by atoms with Gasteiger partial charge in [-0.15, -0.1) is 0 Å². The molecule has 104 valence electrons. The smallest absolute Gasteiger partial charge is 0.358 e. The van der Waals surface area contributed by atoms with Crippen molar-refractivity contribution in [1.29, 1.82) is 0 Å². The minimum atomic E-state index is -0.685. The molecule has 0 bridgehead atoms. The Morgan fingerprint density at radius 2 is 1.85 bits per heavy atom. The number of benzene rings is 1. The van der Waals surface area contributed by atoms with Crippen LogP contribution in [-0.4, -0.2) is 31.0 Å². The monoisotopic (exact) mass is 292 g/mol. The highest BCUT2D eigenvalue weighted by Crippen LogP contribution is 2.25. The average Bonchev–Trinajstić information content (AvgIpc) is 2.87. The zero-order chi connectivity index (χ0) is 14.7. The van der Waals surface area contributed by atoms with E-state index in [-0.39, 0.29) is 21.5 Å². The van der Waals surface area contributed by atoms with Gasteiger partial charge in [0.2, 0.25) is 5.78 Å². The van der Waals surface area contributed by atoms with Crippen LogP contribution in [0.3, 0.4) is 0 Å². The molecule has 0 aliphatic heterocycles. The molecule has 0 radical (unpaired) electrons. The first-order valence-corrected chi connectivity index (χ1v) is 6.41. The molecule has 0 fully saturated rings. The highest BCUT2D eigenvalue weighted by molar-refractivity contribution is 7.17. The lowest BCUT2D eigenvalue weighted by Gasteiger charge is -2.02. The zero-order valence-corrected chi connectivity index (χ0v) is 11.7. The van der Waals surface area contributed by atoms with Crippen LogP contribution in [0.15, 0.2) is 24.3 Å². The van der Waals surface area contributed by atoms with E-state index in [4.69, 9.17) is 10.5 Å². The number of nitrogens with zero attached hydrogens (tertiary/aromatic N) is 1. The van der Waals surface area contributed by atoms with Crippen LogP contribution >= 0.6 is 11.3 Å². The predicted molar refractivity (Wildman–Crippen MR) is 74.3 cm³/mol. The molecule has 0 atom stereocenters. The number of nitrogen functional groups attached to an aromatic ring is 1. The van der Waals surface area contributed by atoms with E-state index in [1.807, 2.05) is 0 Å². The van der Waals surface area contributed by atoms with Gasteiger partial charge in [-0.25, -0.2) is 9.78 Å². The van der Waals surface area contributed by atoms with E-state index in [1.54, 1.807) is 24.3 Å². The second-order valence-corrected chi connectivity index (χ2v) is 4.81. The summed E-state index contributed by atoms with van der Waals surface area (Å²) in [5.41, 5.74) is 5.92. The van der Waals surface area contributed by atoms with Gasteiger partial charge in [0.1, 0.15) is 10.6 Å². The average molecular weight is 292 g/mol. The second kappa shape index (κ2) is 5.70. The lowest BCUT2D eigenvalue weighted by atomic mass is 10.1. The molecule has 0 aliphatic carbocycles. The van der Waals surface area contributed by atoms with Crippen molar-refractivity contribution in [2.75, 3.05) is 20.0 Å². The number of methoxy groups -OCH3 is 2. The van der Waals surface area contributed by atoms with Gasteiger partial charge in [0, 0.05) is 5.56 Å². The quantitative estimate of drug-likeness (QED) is 0.682. The zero-order valence-electron chi connectivity index (χ0n) is 10.9. The standard InChI is InChI=1S/C13H12N2O4S/c1-18-8-5-3-7(4-6-8)10(16)11-9(12(17)19-2)15-13(14)20-11/h3-6H,1-2H3,(H2,14,15). The first-order valence-electron chi connectivity index (χ1n) is 5.60. The van der Waals surface area contributed by atoms with Gasteiger partial charge < -0.3 is 15.2 Å². The van der Waals surface area contributed by atoms with E-state index in [2.05, 4.69) is 9.72 Å². The molecule has 0 saturated heterocycles. The molecule has 0 unspecified atom stereocenters. The van der Waals surface area contributed by atoms with Gasteiger partial charge in [-0.2, -0.15) is 0 Å². The number of thiazole rings is 1. The van der Waals surface area contributed by atoms with Gasteiger partial charge in [-0.3, -0.25) is 4.79 Å². The summed E-state index contributed by atoms with van der Waals surface area (Å²) >= 11 is 0.956. The summed E-state index contributed by atoms with van der Waals surface area (Å²) in [7, 11) is 2.76. The number of ketones is 1. The number of carbonyl (C=O) groups excluding carboxylic acids is 2. The van der Waals surface area contributed by atoms with Crippen molar-refractivity contribution in [2.24, 2.45) is 0 Å². The van der Waals surface area contributed by atoms with Crippen LogP contribution < -0.4 is 10.5 Å². The van der Waals surface area contributed by atoms with Gasteiger partial charge in [0.05, 0.1) is 14.2 Å². The van der Waals surface area contributed by atoms with Crippen molar-refractivity contribution in [1.82, 2.24) is 4.98 Å². The van der Waals surface area contributed by atoms with E-state index >= 15 is 0 Å². The number of nitrogens with two attached hydrogens (primary N) is 1. The Kier molecular flexibility index (Phi) is 3.99. The predicted octanol–water partition coefficient (Wildman–Crippen LogP) is 1.75. The maximum Gasteiger partial charge on any atom is 0.358 e. The Morgan fingerprint density at radius 3 is 2.40 bits per heavy atom. The number of aromatic nitrogens is 1. The Bertz CT molecular complexity index is 649. The van der Waals surface area contributed by atoms with E-state index < -0.39 is 5.97 Å². The number of hydrogen-bond acceptors (Lipinski definition) is 7. The molecule has 2 N–H and O–H groups in total. The molecular weight excluding hydrogens is 280 g/mol. The van der Waals surface area contributed by atoms with Gasteiger partial charge in [0.25, 0.3) is 0 Å². The Labute approximate surface area is 119 Å². The summed E-state index contributed by atoms with van der Waals surface area (Å²) in [5.74, 6) is -0.379. The summed E-state index contributed by atoms with van der Waals surface area (Å²) in [6.07, 6.45) is 0. The SMILES string of the molecule is COC(=O)c1nc(N)sc1C(=O)c1ccc(OC)cc1. The number of anilines is 1. The first kappa shape index (κ1) is 14.0. The Morgan fingerprint density at radius 1 is 1.20 bits per heavy atom. The van der Waals surface area contributed by atoms with Crippen molar-refractivity contribution < 1.29 is 19.1 Å². The molecule has 7 heteroatoms. The van der Waals surface area contributed by atoms with Crippen molar-refractivity contribution in [3.05, 3.63) is 40.4 Å². The topological polar surface area (TPSA) is 91.5 Å². The fraction of sp³-hybridized carbons (Fsp3) is 0.154. The lowest BCUT2D eigenvalue weighted by Crippen LogP contribution is -2.09. The van der Waals surface area contributed by atoms with Gasteiger partial charge >= 0.3 is 5.97 Å². The third kappa shape index (κ3) is 2.62. The molecule has 20 heavy (non-hydrogen) atoms. The maximum absolute atomic E-state index is 12.4. The molecule has 0 spiro atoms. The van der Waals surface area contributed by atoms with Crippen LogP contribution in [0, 0.1) is 0 Å². The third-order valence-corrected chi connectivity index (χ3v) is 3.46. The minimum absolute atomic E-state index is 0.0594. The van der Waals surface area contributed by atoms with Crippen molar-refractivity contribution in [3.8, 4) is 5.75 Å². The number of esters is 1. The summed E-state index contributed by atoms with van der Waals surface area (Å²) in [5, 5.41) is 0.141. The van der Waals surface area contributed by atoms with E-state index in [9.17, 15) is 9.59 Å². The summed E-state index contributed by atoms with van der Waals surface area (Å²) in [6, 6.07) is 6.54. The maximum atomic E-state index is 12.4. The van der Waals surface area contributed by atoms with Crippen LogP contribution in [0.2, 0.25) is 0 Å². The normalized spacial score (nSPS) is 10.1. The Balaban J connectivity index is 2.39. The summed E-state index contributed by atoms with van der Waals surface area (Å²) in [6.45, 7) is 0. The molecule has 1 heterocycles. The molecule has 0 saturated carbocycles. The molecule has 2 rings (SSSR count). The van der Waals surface area contributed by atoms with E-state index in [0.717, 1.165) is 11.3 Å². The van der Waals surface area contributed by atoms with Crippen LogP contribution in [0.4, 0.5) is 5.13 Å². The summed E-state index contributed by atoms with van der Waals surface area (Å²) in [4.78, 5) is 27.9. The number of carbonyl (C=O) groups is 2. The van der Waals surface area contributed by atoms with Crippen LogP contribution in [-0.2, 0) is 4.74 Å². The van der Waals surface area contributed by atoms with Crippen LogP contribution in [0.5, 0.6) is 5.75 Å². The molecule has 1 aromatic heterocycles. The molecule has 0 amide bonds. The number of hydrogen-bond donors (Lipinski definition) is 1. The van der Waals surface area contributed by atoms with Crippen molar-refractivity contribution in [2.45, 2.75) is 0 Å². The summed E-state index contributed by atoms with van der Waals surface area (Å²) < 4.78 is 9.61. The molecule has 0 aliphatic rings. The van der Waals surface area contributed by atoms with Crippen molar-refractivity contribution in [3.63, 3.8) is 0 Å². The van der Waals surface area contributed by atoms with Crippen LogP contribution in [0.1, 0.15) is 25.7 Å². The fourth-order valence-electron chi connectivity index (χ4n) is 1.60. The molecule has 1 aromatic carbocycles. The lowest BCUT2D eigenvalue weighted by molar-refractivity contribution is 0.0592. The third-order valence-electron chi connectivity index (χ3n) is 2.58. The number of ether oxygens (including phenoxy) is 2. The highest BCUT2D eigenvalue weighted by atomic mass is 32.1. The molecule has 6 nitrogen and oxygen atoms in total. The number of rotatable bonds is 4. The largest absolute Gasteiger partial charge is 0.497 e. The molecule has 2 aromatic rings. The van der Waals surface area contributed by atoms with E-state index in [0.29, 0.717) is 11.3 Å². The first-order chi connectivity index (χ1) is 9.56. The fourth-order valence-corrected chi connectivity index (χ4v) is 2.38. The minimum Gasteiger partial charge on any atom is -0.497 e. The van der Waals surface area contributed by atoms with Gasteiger partial charge in [-0.05, 0) is 24.3 Å². The van der Waals surface area contributed by atoms with Gasteiger partial charge in [0.15, 0.2) is 10.8 Å². The highest BCUT2D eigenvalue weighted by Gasteiger charge is 2.24. The second-order valence-electron chi connectivity index (χ2n) is 3.78. The van der Waals surface area contributed by atoms with E-state index in [1.165, 1.54) is 14.2 Å².